The zero-order valence-corrected chi connectivity index (χ0v) is 13.1. The first kappa shape index (κ1) is 15.7. The van der Waals surface area contributed by atoms with Crippen LogP contribution in [0.15, 0.2) is 36.4 Å². The molecule has 0 saturated carbocycles. The van der Waals surface area contributed by atoms with E-state index in [9.17, 15) is 4.39 Å². The van der Waals surface area contributed by atoms with Crippen molar-refractivity contribution in [2.45, 2.75) is 33.6 Å². The van der Waals surface area contributed by atoms with Gasteiger partial charge in [-0.1, -0.05) is 35.9 Å². The summed E-state index contributed by atoms with van der Waals surface area (Å²) < 4.78 is 13.8. The van der Waals surface area contributed by atoms with Gasteiger partial charge in [0.25, 0.3) is 0 Å². The Bertz CT molecular complexity index is 596. The van der Waals surface area contributed by atoms with Gasteiger partial charge in [-0.05, 0) is 74.4 Å². The molecule has 21 heavy (non-hydrogen) atoms. The molecule has 2 aromatic rings. The first-order chi connectivity index (χ1) is 10.0. The first-order valence-electron chi connectivity index (χ1n) is 7.51. The van der Waals surface area contributed by atoms with E-state index in [4.69, 9.17) is 5.73 Å². The molecule has 1 atom stereocenters. The number of aryl methyl sites for hydroxylation is 3. The molecule has 0 radical (unpaired) electrons. The van der Waals surface area contributed by atoms with Crippen LogP contribution in [0.4, 0.5) is 4.39 Å². The molecule has 0 aliphatic heterocycles. The van der Waals surface area contributed by atoms with E-state index < -0.39 is 0 Å². The summed E-state index contributed by atoms with van der Waals surface area (Å²) in [5.74, 6) is 0.135. The van der Waals surface area contributed by atoms with Gasteiger partial charge in [0.2, 0.25) is 0 Å². The Morgan fingerprint density at radius 2 is 1.62 bits per heavy atom. The lowest BCUT2D eigenvalue weighted by Crippen LogP contribution is -2.20. The van der Waals surface area contributed by atoms with E-state index >= 15 is 0 Å². The number of rotatable bonds is 5. The number of benzene rings is 2. The lowest BCUT2D eigenvalue weighted by molar-refractivity contribution is 0.510. The Labute approximate surface area is 127 Å². The monoisotopic (exact) mass is 285 g/mol. The summed E-state index contributed by atoms with van der Waals surface area (Å²) in [6.07, 6.45) is 1.60. The lowest BCUT2D eigenvalue weighted by Gasteiger charge is -2.19. The molecular formula is C19H24FN. The minimum atomic E-state index is -0.131. The zero-order chi connectivity index (χ0) is 15.4. The molecule has 0 bridgehead atoms. The van der Waals surface area contributed by atoms with E-state index in [0.29, 0.717) is 13.0 Å². The van der Waals surface area contributed by atoms with E-state index in [0.717, 1.165) is 12.0 Å². The van der Waals surface area contributed by atoms with Crippen LogP contribution in [0.5, 0.6) is 0 Å². The molecule has 0 heterocycles. The maximum atomic E-state index is 13.8. The van der Waals surface area contributed by atoms with Crippen LogP contribution in [-0.4, -0.2) is 6.54 Å². The van der Waals surface area contributed by atoms with E-state index in [1.54, 1.807) is 6.07 Å². The number of nitrogens with two attached hydrogens (primary N) is 1. The molecule has 112 valence electrons. The van der Waals surface area contributed by atoms with Gasteiger partial charge < -0.3 is 5.73 Å². The van der Waals surface area contributed by atoms with Gasteiger partial charge in [0, 0.05) is 0 Å². The van der Waals surface area contributed by atoms with Gasteiger partial charge in [-0.15, -0.1) is 0 Å². The average Bonchev–Trinajstić information content (AvgIpc) is 2.43. The van der Waals surface area contributed by atoms with Crippen molar-refractivity contribution in [2.75, 3.05) is 6.54 Å². The van der Waals surface area contributed by atoms with Crippen molar-refractivity contribution in [3.8, 4) is 0 Å². The molecular weight excluding hydrogens is 261 g/mol. The van der Waals surface area contributed by atoms with Crippen LogP contribution in [-0.2, 0) is 12.8 Å². The third-order valence-corrected chi connectivity index (χ3v) is 4.13. The highest BCUT2D eigenvalue weighted by Gasteiger charge is 2.14. The molecule has 2 heteroatoms. The van der Waals surface area contributed by atoms with Crippen LogP contribution in [0.3, 0.4) is 0 Å². The van der Waals surface area contributed by atoms with Crippen LogP contribution >= 0.6 is 0 Å². The smallest absolute Gasteiger partial charge is 0.126 e. The maximum Gasteiger partial charge on any atom is 0.126 e. The Balaban J connectivity index is 2.19. The van der Waals surface area contributed by atoms with Crippen molar-refractivity contribution >= 4 is 0 Å². The molecule has 1 nitrogen and oxygen atoms in total. The minimum absolute atomic E-state index is 0.131. The van der Waals surface area contributed by atoms with Crippen LogP contribution in [0, 0.1) is 32.5 Å². The topological polar surface area (TPSA) is 26.0 Å². The Morgan fingerprint density at radius 1 is 1.00 bits per heavy atom. The van der Waals surface area contributed by atoms with E-state index in [2.05, 4.69) is 32.9 Å². The van der Waals surface area contributed by atoms with Gasteiger partial charge in [-0.3, -0.25) is 0 Å². The Kier molecular flexibility index (Phi) is 5.13. The fourth-order valence-electron chi connectivity index (χ4n) is 3.03. The first-order valence-corrected chi connectivity index (χ1v) is 7.51. The summed E-state index contributed by atoms with van der Waals surface area (Å²) in [5.41, 5.74) is 11.9. The molecule has 0 fully saturated rings. The predicted octanol–water partition coefficient (Wildman–Crippen LogP) is 4.11. The standard InChI is InChI=1S/C19H24FN/c1-13-8-14(2)18(15(3)9-13)11-16(12-21)10-17-6-4-5-7-19(17)20/h4-9,16H,10-12,21H2,1-3H3. The van der Waals surface area contributed by atoms with Gasteiger partial charge in [0.15, 0.2) is 0 Å². The summed E-state index contributed by atoms with van der Waals surface area (Å²) >= 11 is 0. The van der Waals surface area contributed by atoms with Crippen molar-refractivity contribution in [3.63, 3.8) is 0 Å². The largest absolute Gasteiger partial charge is 0.330 e. The summed E-state index contributed by atoms with van der Waals surface area (Å²) in [5, 5.41) is 0. The predicted molar refractivity (Wildman–Crippen MR) is 87.0 cm³/mol. The van der Waals surface area contributed by atoms with Crippen LogP contribution < -0.4 is 5.73 Å². The van der Waals surface area contributed by atoms with E-state index in [1.807, 2.05) is 12.1 Å². The van der Waals surface area contributed by atoms with Gasteiger partial charge in [0.1, 0.15) is 5.82 Å². The van der Waals surface area contributed by atoms with Crippen LogP contribution in [0.2, 0.25) is 0 Å². The fourth-order valence-corrected chi connectivity index (χ4v) is 3.03. The van der Waals surface area contributed by atoms with Crippen molar-refractivity contribution in [1.82, 2.24) is 0 Å². The molecule has 2 N–H and O–H groups in total. The van der Waals surface area contributed by atoms with Crippen molar-refractivity contribution in [2.24, 2.45) is 11.7 Å². The van der Waals surface area contributed by atoms with E-state index in [1.165, 1.54) is 28.3 Å². The highest BCUT2D eigenvalue weighted by molar-refractivity contribution is 5.38. The number of hydrogen-bond donors (Lipinski definition) is 1. The summed E-state index contributed by atoms with van der Waals surface area (Å²) in [6, 6.07) is 11.4. The summed E-state index contributed by atoms with van der Waals surface area (Å²) in [4.78, 5) is 0. The lowest BCUT2D eigenvalue weighted by atomic mass is 9.88. The van der Waals surface area contributed by atoms with Crippen LogP contribution in [0.1, 0.15) is 27.8 Å². The molecule has 2 rings (SSSR count). The van der Waals surface area contributed by atoms with Gasteiger partial charge >= 0.3 is 0 Å². The second kappa shape index (κ2) is 6.86. The SMILES string of the molecule is Cc1cc(C)c(CC(CN)Cc2ccccc2F)c(C)c1. The van der Waals surface area contributed by atoms with Crippen LogP contribution in [0.25, 0.3) is 0 Å². The fraction of sp³-hybridized carbons (Fsp3) is 0.368. The van der Waals surface area contributed by atoms with Crippen molar-refractivity contribution in [3.05, 3.63) is 70.0 Å². The number of halogens is 1. The molecule has 0 aliphatic carbocycles. The molecule has 2 aromatic carbocycles. The molecule has 1 unspecified atom stereocenters. The summed E-state index contributed by atoms with van der Waals surface area (Å²) in [7, 11) is 0. The third-order valence-electron chi connectivity index (χ3n) is 4.13. The van der Waals surface area contributed by atoms with Gasteiger partial charge in [0.05, 0.1) is 0 Å². The van der Waals surface area contributed by atoms with Crippen molar-refractivity contribution in [1.29, 1.82) is 0 Å². The minimum Gasteiger partial charge on any atom is -0.330 e. The zero-order valence-electron chi connectivity index (χ0n) is 13.1. The number of hydrogen-bond acceptors (Lipinski definition) is 1. The Morgan fingerprint density at radius 3 is 2.19 bits per heavy atom. The normalized spacial score (nSPS) is 12.4. The quantitative estimate of drug-likeness (QED) is 0.879. The molecule has 0 aliphatic rings. The average molecular weight is 285 g/mol. The third kappa shape index (κ3) is 3.92. The Hall–Kier alpha value is -1.67. The highest BCUT2D eigenvalue weighted by Crippen LogP contribution is 2.22. The maximum absolute atomic E-state index is 13.8. The van der Waals surface area contributed by atoms with Gasteiger partial charge in [-0.2, -0.15) is 0 Å². The molecule has 0 aromatic heterocycles. The molecule has 0 spiro atoms. The molecule has 0 amide bonds. The van der Waals surface area contributed by atoms with Crippen molar-refractivity contribution < 1.29 is 4.39 Å². The highest BCUT2D eigenvalue weighted by atomic mass is 19.1. The molecule has 0 saturated heterocycles. The summed E-state index contributed by atoms with van der Waals surface area (Å²) in [6.45, 7) is 6.97. The van der Waals surface area contributed by atoms with Gasteiger partial charge in [-0.25, -0.2) is 4.39 Å². The van der Waals surface area contributed by atoms with E-state index in [-0.39, 0.29) is 11.7 Å². The second-order valence-corrected chi connectivity index (χ2v) is 5.98. The second-order valence-electron chi connectivity index (χ2n) is 5.98.